The lowest BCUT2D eigenvalue weighted by Crippen LogP contribution is -2.35. The SMILES string of the molecule is CC(C)C(=O)c1ccc(NCC(C)(C)c2ccccc2C(=O)C(C)C)cc1CC(C)(C)N. The van der Waals surface area contributed by atoms with Crippen LogP contribution in [0.2, 0.25) is 0 Å². The Bertz CT molecular complexity index is 966. The maximum Gasteiger partial charge on any atom is 0.165 e. The quantitative estimate of drug-likeness (QED) is 0.446. The summed E-state index contributed by atoms with van der Waals surface area (Å²) in [6.07, 6.45) is 0.616. The number of nitrogens with two attached hydrogens (primary N) is 1. The highest BCUT2D eigenvalue weighted by Crippen LogP contribution is 2.30. The molecule has 0 amide bonds. The molecule has 2 aromatic carbocycles. The smallest absolute Gasteiger partial charge is 0.165 e. The molecule has 4 heteroatoms. The molecule has 174 valence electrons. The van der Waals surface area contributed by atoms with E-state index >= 15 is 0 Å². The predicted molar refractivity (Wildman–Crippen MR) is 135 cm³/mol. The van der Waals surface area contributed by atoms with E-state index < -0.39 is 5.54 Å². The number of carbonyl (C=O) groups is 2. The first-order valence-electron chi connectivity index (χ1n) is 11.6. The minimum absolute atomic E-state index is 0.0480. The average molecular weight is 437 g/mol. The molecule has 0 atom stereocenters. The van der Waals surface area contributed by atoms with Crippen molar-refractivity contribution in [1.82, 2.24) is 0 Å². The summed E-state index contributed by atoms with van der Waals surface area (Å²) in [5.41, 5.74) is 10.1. The molecule has 0 aliphatic carbocycles. The predicted octanol–water partition coefficient (Wildman–Crippen LogP) is 6.03. The minimum Gasteiger partial charge on any atom is -0.384 e. The van der Waals surface area contributed by atoms with Gasteiger partial charge in [-0.3, -0.25) is 9.59 Å². The molecule has 0 aliphatic heterocycles. The van der Waals surface area contributed by atoms with Gasteiger partial charge in [0.05, 0.1) is 0 Å². The van der Waals surface area contributed by atoms with Crippen molar-refractivity contribution < 1.29 is 9.59 Å². The molecular weight excluding hydrogens is 396 g/mol. The standard InChI is InChI=1S/C28H40N2O2/c1-18(2)25(31)22-14-13-21(15-20(22)16-28(7,8)29)30-17-27(5,6)24-12-10-9-11-23(24)26(32)19(3)4/h9-15,18-19,30H,16-17,29H2,1-8H3. The van der Waals surface area contributed by atoms with E-state index in [1.165, 1.54) is 0 Å². The molecule has 32 heavy (non-hydrogen) atoms. The molecule has 0 aliphatic rings. The molecule has 0 saturated carbocycles. The third-order valence-electron chi connectivity index (χ3n) is 5.72. The summed E-state index contributed by atoms with van der Waals surface area (Å²) >= 11 is 0. The van der Waals surface area contributed by atoms with Gasteiger partial charge in [0.25, 0.3) is 0 Å². The molecule has 2 aromatic rings. The zero-order chi connectivity index (χ0) is 24.3. The maximum atomic E-state index is 12.8. The Labute approximate surface area is 194 Å². The zero-order valence-electron chi connectivity index (χ0n) is 21.0. The lowest BCUT2D eigenvalue weighted by Gasteiger charge is -2.29. The van der Waals surface area contributed by atoms with Crippen LogP contribution < -0.4 is 11.1 Å². The largest absolute Gasteiger partial charge is 0.384 e. The fourth-order valence-corrected chi connectivity index (χ4v) is 3.91. The van der Waals surface area contributed by atoms with Gasteiger partial charge in [0.2, 0.25) is 0 Å². The second-order valence-electron chi connectivity index (χ2n) is 10.9. The number of hydrogen-bond acceptors (Lipinski definition) is 4. The first-order valence-corrected chi connectivity index (χ1v) is 11.6. The van der Waals surface area contributed by atoms with Crippen molar-refractivity contribution >= 4 is 17.3 Å². The molecule has 2 rings (SSSR count). The van der Waals surface area contributed by atoms with Crippen molar-refractivity contribution in [3.05, 3.63) is 64.7 Å². The Morgan fingerprint density at radius 2 is 1.44 bits per heavy atom. The van der Waals surface area contributed by atoms with E-state index in [-0.39, 0.29) is 28.8 Å². The fourth-order valence-electron chi connectivity index (χ4n) is 3.91. The Morgan fingerprint density at radius 3 is 2.00 bits per heavy atom. The minimum atomic E-state index is -0.417. The lowest BCUT2D eigenvalue weighted by molar-refractivity contribution is 0.0930. The Balaban J connectivity index is 2.33. The van der Waals surface area contributed by atoms with Crippen LogP contribution in [0.15, 0.2) is 42.5 Å². The van der Waals surface area contributed by atoms with E-state index in [0.29, 0.717) is 13.0 Å². The van der Waals surface area contributed by atoms with Crippen LogP contribution in [-0.4, -0.2) is 23.7 Å². The van der Waals surface area contributed by atoms with E-state index in [1.807, 2.05) is 84.0 Å². The van der Waals surface area contributed by atoms with Crippen LogP contribution in [0.3, 0.4) is 0 Å². The van der Waals surface area contributed by atoms with Crippen molar-refractivity contribution in [2.75, 3.05) is 11.9 Å². The number of hydrogen-bond donors (Lipinski definition) is 2. The third kappa shape index (κ3) is 6.52. The molecule has 0 unspecified atom stereocenters. The van der Waals surface area contributed by atoms with Gasteiger partial charge in [0.15, 0.2) is 11.6 Å². The lowest BCUT2D eigenvalue weighted by atomic mass is 9.79. The Kier molecular flexibility index (Phi) is 8.06. The fraction of sp³-hybridized carbons (Fsp3) is 0.500. The summed E-state index contributed by atoms with van der Waals surface area (Å²) < 4.78 is 0. The third-order valence-corrected chi connectivity index (χ3v) is 5.72. The first kappa shape index (κ1) is 25.8. The molecule has 0 saturated heterocycles. The van der Waals surface area contributed by atoms with E-state index in [9.17, 15) is 9.59 Å². The van der Waals surface area contributed by atoms with Crippen LogP contribution >= 0.6 is 0 Å². The number of nitrogens with one attached hydrogen (secondary N) is 1. The van der Waals surface area contributed by atoms with Gasteiger partial charge in [-0.1, -0.05) is 65.8 Å². The van der Waals surface area contributed by atoms with Gasteiger partial charge in [-0.25, -0.2) is 0 Å². The first-order chi connectivity index (χ1) is 14.7. The molecule has 3 N–H and O–H groups in total. The molecule has 0 bridgehead atoms. The molecule has 0 aromatic heterocycles. The van der Waals surface area contributed by atoms with Crippen molar-refractivity contribution in [3.8, 4) is 0 Å². The number of anilines is 1. The van der Waals surface area contributed by atoms with Gasteiger partial charge in [-0.15, -0.1) is 0 Å². The summed E-state index contributed by atoms with van der Waals surface area (Å²) in [6, 6.07) is 13.8. The van der Waals surface area contributed by atoms with Crippen molar-refractivity contribution in [3.63, 3.8) is 0 Å². The van der Waals surface area contributed by atoms with Crippen molar-refractivity contribution in [2.45, 2.75) is 72.8 Å². The average Bonchev–Trinajstić information content (AvgIpc) is 2.70. The highest BCUT2D eigenvalue weighted by molar-refractivity contribution is 5.99. The number of benzene rings is 2. The van der Waals surface area contributed by atoms with Gasteiger partial charge in [-0.2, -0.15) is 0 Å². The van der Waals surface area contributed by atoms with Gasteiger partial charge < -0.3 is 11.1 Å². The zero-order valence-corrected chi connectivity index (χ0v) is 21.0. The van der Waals surface area contributed by atoms with Crippen LogP contribution in [-0.2, 0) is 11.8 Å². The van der Waals surface area contributed by atoms with Gasteiger partial charge in [0.1, 0.15) is 0 Å². The van der Waals surface area contributed by atoms with E-state index in [0.717, 1.165) is 27.9 Å². The summed E-state index contributed by atoms with van der Waals surface area (Å²) in [4.78, 5) is 25.5. The monoisotopic (exact) mass is 436 g/mol. The van der Waals surface area contributed by atoms with Crippen LogP contribution in [0.4, 0.5) is 5.69 Å². The van der Waals surface area contributed by atoms with Gasteiger partial charge in [-0.05, 0) is 49.6 Å². The number of ketones is 2. The molecule has 0 fully saturated rings. The summed E-state index contributed by atoms with van der Waals surface area (Å²) in [5.74, 6) is 0.186. The molecule has 0 heterocycles. The summed E-state index contributed by atoms with van der Waals surface area (Å²) in [7, 11) is 0. The topological polar surface area (TPSA) is 72.2 Å². The Hall–Kier alpha value is -2.46. The summed E-state index contributed by atoms with van der Waals surface area (Å²) in [6.45, 7) is 16.6. The number of rotatable bonds is 10. The van der Waals surface area contributed by atoms with Crippen LogP contribution in [0.5, 0.6) is 0 Å². The van der Waals surface area contributed by atoms with Crippen molar-refractivity contribution in [1.29, 1.82) is 0 Å². The molecule has 4 nitrogen and oxygen atoms in total. The number of carbonyl (C=O) groups excluding carboxylic acids is 2. The normalized spacial score (nSPS) is 12.3. The van der Waals surface area contributed by atoms with E-state index in [2.05, 4.69) is 19.2 Å². The highest BCUT2D eigenvalue weighted by Gasteiger charge is 2.27. The van der Waals surface area contributed by atoms with Crippen LogP contribution in [0.1, 0.15) is 87.2 Å². The second kappa shape index (κ2) is 9.99. The molecular formula is C28H40N2O2. The second-order valence-corrected chi connectivity index (χ2v) is 10.9. The summed E-state index contributed by atoms with van der Waals surface area (Å²) in [5, 5.41) is 3.54. The Morgan fingerprint density at radius 1 is 0.875 bits per heavy atom. The van der Waals surface area contributed by atoms with Gasteiger partial charge in [0, 0.05) is 46.1 Å². The number of Topliss-reactive ketones (excluding diaryl/α,β-unsaturated/α-hetero) is 2. The maximum absolute atomic E-state index is 12.8. The van der Waals surface area contributed by atoms with Crippen LogP contribution in [0, 0.1) is 11.8 Å². The molecule has 0 radical (unpaired) electrons. The van der Waals surface area contributed by atoms with Crippen LogP contribution in [0.25, 0.3) is 0 Å². The molecule has 0 spiro atoms. The van der Waals surface area contributed by atoms with Gasteiger partial charge >= 0.3 is 0 Å². The van der Waals surface area contributed by atoms with E-state index in [4.69, 9.17) is 5.73 Å². The highest BCUT2D eigenvalue weighted by atomic mass is 16.1. The van der Waals surface area contributed by atoms with E-state index in [1.54, 1.807) is 0 Å². The van der Waals surface area contributed by atoms with Crippen molar-refractivity contribution in [2.24, 2.45) is 17.6 Å².